The Hall–Kier alpha value is -2.45. The molecular formula is C19H15BrClF2N3O2. The molecule has 0 spiro atoms. The highest BCUT2D eigenvalue weighted by atomic mass is 79.9. The Kier molecular flexibility index (Phi) is 6.00. The zero-order valence-corrected chi connectivity index (χ0v) is 17.0. The van der Waals surface area contributed by atoms with E-state index in [1.54, 1.807) is 42.5 Å². The maximum Gasteiger partial charge on any atom is 0.288 e. The van der Waals surface area contributed by atoms with Crippen molar-refractivity contribution in [2.24, 2.45) is 0 Å². The highest BCUT2D eigenvalue weighted by Gasteiger charge is 2.30. The predicted octanol–water partition coefficient (Wildman–Crippen LogP) is 5.42. The first-order valence-corrected chi connectivity index (χ1v) is 9.33. The molecule has 0 aliphatic rings. The summed E-state index contributed by atoms with van der Waals surface area (Å²) in [5.41, 5.74) is 0.436. The minimum Gasteiger partial charge on any atom is -0.467 e. The molecule has 0 radical (unpaired) electrons. The number of aromatic nitrogens is 2. The lowest BCUT2D eigenvalue weighted by Crippen LogP contribution is -2.21. The van der Waals surface area contributed by atoms with Crippen LogP contribution in [-0.4, -0.2) is 22.3 Å². The zero-order valence-electron chi connectivity index (χ0n) is 14.6. The predicted molar refractivity (Wildman–Crippen MR) is 106 cm³/mol. The van der Waals surface area contributed by atoms with Crippen molar-refractivity contribution >= 4 is 39.1 Å². The number of anilines is 1. The highest BCUT2D eigenvalue weighted by Crippen LogP contribution is 2.32. The molecule has 1 heterocycles. The molecule has 0 saturated carbocycles. The van der Waals surface area contributed by atoms with Gasteiger partial charge in [0.05, 0.1) is 16.4 Å². The molecule has 0 fully saturated rings. The van der Waals surface area contributed by atoms with Crippen molar-refractivity contribution in [1.29, 1.82) is 0 Å². The smallest absolute Gasteiger partial charge is 0.288 e. The van der Waals surface area contributed by atoms with Gasteiger partial charge in [-0.15, -0.1) is 0 Å². The second-order valence-electron chi connectivity index (χ2n) is 5.94. The number of alkyl halides is 2. The number of halogens is 4. The molecule has 146 valence electrons. The molecule has 0 unspecified atom stereocenters. The van der Waals surface area contributed by atoms with E-state index in [2.05, 4.69) is 26.3 Å². The first-order chi connectivity index (χ1) is 13.3. The zero-order chi connectivity index (χ0) is 20.3. The number of rotatable bonds is 6. The number of carbonyl (C=O) groups excluding carboxylic acids is 1. The monoisotopic (exact) mass is 469 g/mol. The molecule has 0 aliphatic carbocycles. The van der Waals surface area contributed by atoms with Crippen LogP contribution in [-0.2, 0) is 10.7 Å². The normalized spacial score (nSPS) is 11.3. The topological polar surface area (TPSA) is 56.1 Å². The van der Waals surface area contributed by atoms with Gasteiger partial charge in [-0.25, -0.2) is 0 Å². The number of ether oxygens (including phenoxy) is 1. The Morgan fingerprint density at radius 1 is 1.25 bits per heavy atom. The standard InChI is InChI=1S/C19H15BrClF2N3O2/c1-19(22,23)16-10-18(26(25-16)15-9-5-3-7-13(15)21)28-11-17(27)24-14-8-4-2-6-12(14)20/h2-10H,11H2,1H3,(H,24,27). The van der Waals surface area contributed by atoms with Gasteiger partial charge in [-0.3, -0.25) is 4.79 Å². The summed E-state index contributed by atoms with van der Waals surface area (Å²) in [4.78, 5) is 12.2. The van der Waals surface area contributed by atoms with Crippen LogP contribution in [0.25, 0.3) is 5.69 Å². The first kappa shape index (κ1) is 20.3. The summed E-state index contributed by atoms with van der Waals surface area (Å²) >= 11 is 9.48. The summed E-state index contributed by atoms with van der Waals surface area (Å²) in [7, 11) is 0. The van der Waals surface area contributed by atoms with Gasteiger partial charge in [0.15, 0.2) is 6.61 Å². The third-order valence-electron chi connectivity index (χ3n) is 3.71. The van der Waals surface area contributed by atoms with Crippen LogP contribution >= 0.6 is 27.5 Å². The molecule has 0 atom stereocenters. The van der Waals surface area contributed by atoms with Crippen molar-refractivity contribution < 1.29 is 18.3 Å². The lowest BCUT2D eigenvalue weighted by Gasteiger charge is -2.11. The lowest BCUT2D eigenvalue weighted by molar-refractivity contribution is -0.118. The Bertz CT molecular complexity index is 1000. The molecule has 2 aromatic carbocycles. The summed E-state index contributed by atoms with van der Waals surface area (Å²) in [6.07, 6.45) is 0. The van der Waals surface area contributed by atoms with Crippen molar-refractivity contribution in [3.05, 3.63) is 69.8 Å². The number of benzene rings is 2. The molecule has 1 aromatic heterocycles. The van der Waals surface area contributed by atoms with Crippen LogP contribution in [0.4, 0.5) is 14.5 Å². The number of hydrogen-bond acceptors (Lipinski definition) is 3. The average molecular weight is 471 g/mol. The SMILES string of the molecule is CC(F)(F)c1cc(OCC(=O)Nc2ccccc2Br)n(-c2ccccc2Cl)n1. The molecule has 0 bridgehead atoms. The summed E-state index contributed by atoms with van der Waals surface area (Å²) in [5.74, 6) is -3.66. The Morgan fingerprint density at radius 3 is 2.61 bits per heavy atom. The van der Waals surface area contributed by atoms with E-state index in [1.807, 2.05) is 6.07 Å². The fraction of sp³-hybridized carbons (Fsp3) is 0.158. The Morgan fingerprint density at radius 2 is 1.93 bits per heavy atom. The van der Waals surface area contributed by atoms with E-state index in [0.717, 1.165) is 17.7 Å². The van der Waals surface area contributed by atoms with Crippen LogP contribution in [0.15, 0.2) is 59.1 Å². The molecule has 9 heteroatoms. The van der Waals surface area contributed by atoms with Crippen molar-refractivity contribution in [2.45, 2.75) is 12.8 Å². The molecular weight excluding hydrogens is 456 g/mol. The average Bonchev–Trinajstić information content (AvgIpc) is 3.07. The van der Waals surface area contributed by atoms with E-state index in [0.29, 0.717) is 20.9 Å². The van der Waals surface area contributed by atoms with Crippen LogP contribution in [0.2, 0.25) is 5.02 Å². The van der Waals surface area contributed by atoms with Crippen LogP contribution < -0.4 is 10.1 Å². The Labute approximate surface area is 173 Å². The minimum atomic E-state index is -3.18. The maximum absolute atomic E-state index is 13.7. The molecule has 0 aliphatic heterocycles. The van der Waals surface area contributed by atoms with Crippen molar-refractivity contribution in [3.8, 4) is 11.6 Å². The minimum absolute atomic E-state index is 0.0214. The van der Waals surface area contributed by atoms with E-state index in [-0.39, 0.29) is 5.88 Å². The van der Waals surface area contributed by atoms with E-state index < -0.39 is 24.1 Å². The van der Waals surface area contributed by atoms with Gasteiger partial charge in [0.25, 0.3) is 11.8 Å². The van der Waals surface area contributed by atoms with Gasteiger partial charge < -0.3 is 10.1 Å². The van der Waals surface area contributed by atoms with E-state index in [1.165, 1.54) is 0 Å². The van der Waals surface area contributed by atoms with Gasteiger partial charge in [-0.05, 0) is 40.2 Å². The summed E-state index contributed by atoms with van der Waals surface area (Å²) in [6, 6.07) is 14.8. The first-order valence-electron chi connectivity index (χ1n) is 8.16. The van der Waals surface area contributed by atoms with Crippen LogP contribution in [0, 0.1) is 0 Å². The quantitative estimate of drug-likeness (QED) is 0.523. The van der Waals surface area contributed by atoms with Crippen LogP contribution in [0.5, 0.6) is 5.88 Å². The van der Waals surface area contributed by atoms with Gasteiger partial charge in [0.2, 0.25) is 5.88 Å². The van der Waals surface area contributed by atoms with Crippen LogP contribution in [0.3, 0.4) is 0 Å². The number of nitrogens with zero attached hydrogens (tertiary/aromatic N) is 2. The molecule has 0 saturated heterocycles. The molecule has 5 nitrogen and oxygen atoms in total. The Balaban J connectivity index is 1.83. The summed E-state index contributed by atoms with van der Waals surface area (Å²) < 4.78 is 34.8. The highest BCUT2D eigenvalue weighted by molar-refractivity contribution is 9.10. The number of para-hydroxylation sites is 2. The molecule has 3 aromatic rings. The fourth-order valence-electron chi connectivity index (χ4n) is 2.37. The second kappa shape index (κ2) is 8.28. The summed E-state index contributed by atoms with van der Waals surface area (Å²) in [5, 5.41) is 6.88. The molecule has 1 amide bonds. The van der Waals surface area contributed by atoms with E-state index in [4.69, 9.17) is 16.3 Å². The van der Waals surface area contributed by atoms with Crippen molar-refractivity contribution in [3.63, 3.8) is 0 Å². The second-order valence-corrected chi connectivity index (χ2v) is 7.20. The number of hydrogen-bond donors (Lipinski definition) is 1. The van der Waals surface area contributed by atoms with Gasteiger partial charge in [0, 0.05) is 17.5 Å². The summed E-state index contributed by atoms with van der Waals surface area (Å²) in [6.45, 7) is 0.335. The number of amides is 1. The van der Waals surface area contributed by atoms with Gasteiger partial charge in [-0.2, -0.15) is 18.6 Å². The molecule has 1 N–H and O–H groups in total. The lowest BCUT2D eigenvalue weighted by atomic mass is 10.3. The molecule has 28 heavy (non-hydrogen) atoms. The van der Waals surface area contributed by atoms with Gasteiger partial charge >= 0.3 is 0 Å². The largest absolute Gasteiger partial charge is 0.467 e. The third kappa shape index (κ3) is 4.69. The van der Waals surface area contributed by atoms with Gasteiger partial charge in [0.1, 0.15) is 5.69 Å². The van der Waals surface area contributed by atoms with Gasteiger partial charge in [-0.1, -0.05) is 35.9 Å². The number of carbonyl (C=O) groups is 1. The fourth-order valence-corrected chi connectivity index (χ4v) is 2.97. The van der Waals surface area contributed by atoms with E-state index in [9.17, 15) is 13.6 Å². The van der Waals surface area contributed by atoms with E-state index >= 15 is 0 Å². The molecule has 3 rings (SSSR count). The van der Waals surface area contributed by atoms with Crippen molar-refractivity contribution in [1.82, 2.24) is 9.78 Å². The van der Waals surface area contributed by atoms with Crippen LogP contribution in [0.1, 0.15) is 12.6 Å². The maximum atomic E-state index is 13.7. The number of nitrogens with one attached hydrogen (secondary N) is 1. The van der Waals surface area contributed by atoms with Crippen molar-refractivity contribution in [2.75, 3.05) is 11.9 Å². The third-order valence-corrected chi connectivity index (χ3v) is 4.72.